The van der Waals surface area contributed by atoms with Gasteiger partial charge in [0.1, 0.15) is 10.8 Å². The highest BCUT2D eigenvalue weighted by Gasteiger charge is 2.25. The van der Waals surface area contributed by atoms with E-state index in [4.69, 9.17) is 23.1 Å². The average molecular weight is 282 g/mol. The van der Waals surface area contributed by atoms with Crippen LogP contribution in [-0.2, 0) is 6.54 Å². The molecule has 1 fully saturated rings. The molecule has 0 amide bonds. The molecule has 2 rings (SSSR count). The van der Waals surface area contributed by atoms with Crippen LogP contribution in [0.25, 0.3) is 0 Å². The van der Waals surface area contributed by atoms with Crippen molar-refractivity contribution in [2.45, 2.75) is 31.8 Å². The molecule has 0 heterocycles. The van der Waals surface area contributed by atoms with Crippen LogP contribution in [0.1, 0.15) is 30.4 Å². The van der Waals surface area contributed by atoms with E-state index < -0.39 is 0 Å². The van der Waals surface area contributed by atoms with E-state index in [-0.39, 0.29) is 17.4 Å². The standard InChI is InChI=1S/C14H19FN2OS/c15-13-8-10(14(16)19)4-5-11(13)9-17(6-7-18)12-2-1-3-12/h4-5,8,12,18H,1-3,6-7,9H2,(H2,16,19). The molecule has 104 valence electrons. The molecule has 0 bridgehead atoms. The van der Waals surface area contributed by atoms with Crippen LogP contribution in [0.2, 0.25) is 0 Å². The first kappa shape index (κ1) is 14.4. The molecule has 0 atom stereocenters. The lowest BCUT2D eigenvalue weighted by Gasteiger charge is -2.37. The van der Waals surface area contributed by atoms with Crippen LogP contribution < -0.4 is 5.73 Å². The highest BCUT2D eigenvalue weighted by molar-refractivity contribution is 7.80. The molecule has 3 nitrogen and oxygen atoms in total. The Bertz CT molecular complexity index is 463. The zero-order chi connectivity index (χ0) is 13.8. The van der Waals surface area contributed by atoms with Gasteiger partial charge in [-0.3, -0.25) is 4.90 Å². The number of rotatable bonds is 6. The summed E-state index contributed by atoms with van der Waals surface area (Å²) < 4.78 is 14.0. The van der Waals surface area contributed by atoms with Gasteiger partial charge in [-0.1, -0.05) is 30.8 Å². The van der Waals surface area contributed by atoms with Crippen molar-refractivity contribution in [3.8, 4) is 0 Å². The van der Waals surface area contributed by atoms with E-state index in [1.165, 1.54) is 12.5 Å². The third kappa shape index (κ3) is 3.49. The third-order valence-corrected chi connectivity index (χ3v) is 3.93. The van der Waals surface area contributed by atoms with Crippen LogP contribution in [0.5, 0.6) is 0 Å². The minimum atomic E-state index is -0.285. The molecular weight excluding hydrogens is 263 g/mol. The number of hydrogen-bond acceptors (Lipinski definition) is 3. The van der Waals surface area contributed by atoms with Gasteiger partial charge in [-0.2, -0.15) is 0 Å². The fourth-order valence-electron chi connectivity index (χ4n) is 2.32. The summed E-state index contributed by atoms with van der Waals surface area (Å²) >= 11 is 4.83. The van der Waals surface area contributed by atoms with Gasteiger partial charge in [0, 0.05) is 30.3 Å². The van der Waals surface area contributed by atoms with Crippen molar-refractivity contribution < 1.29 is 9.50 Å². The van der Waals surface area contributed by atoms with Crippen LogP contribution in [0.4, 0.5) is 4.39 Å². The number of thiocarbonyl (C=S) groups is 1. The summed E-state index contributed by atoms with van der Waals surface area (Å²) in [6.07, 6.45) is 3.48. The third-order valence-electron chi connectivity index (χ3n) is 3.69. The van der Waals surface area contributed by atoms with Crippen molar-refractivity contribution in [1.82, 2.24) is 4.90 Å². The normalized spacial score (nSPS) is 15.5. The van der Waals surface area contributed by atoms with Gasteiger partial charge in [-0.05, 0) is 18.9 Å². The molecule has 1 aromatic rings. The van der Waals surface area contributed by atoms with Crippen molar-refractivity contribution in [3.63, 3.8) is 0 Å². The number of nitrogens with two attached hydrogens (primary N) is 1. The highest BCUT2D eigenvalue weighted by atomic mass is 32.1. The zero-order valence-electron chi connectivity index (χ0n) is 10.8. The number of hydrogen-bond donors (Lipinski definition) is 2. The molecule has 0 aliphatic heterocycles. The largest absolute Gasteiger partial charge is 0.395 e. The lowest BCUT2D eigenvalue weighted by molar-refractivity contribution is 0.0935. The zero-order valence-corrected chi connectivity index (χ0v) is 11.6. The van der Waals surface area contributed by atoms with Gasteiger partial charge in [0.15, 0.2) is 0 Å². The van der Waals surface area contributed by atoms with Gasteiger partial charge >= 0.3 is 0 Å². The molecule has 0 unspecified atom stereocenters. The summed E-state index contributed by atoms with van der Waals surface area (Å²) in [5.74, 6) is -0.285. The number of nitrogens with zero attached hydrogens (tertiary/aromatic N) is 1. The molecule has 1 saturated carbocycles. The minimum absolute atomic E-state index is 0.100. The van der Waals surface area contributed by atoms with Crippen molar-refractivity contribution in [2.75, 3.05) is 13.2 Å². The monoisotopic (exact) mass is 282 g/mol. The number of halogens is 1. The summed E-state index contributed by atoms with van der Waals surface area (Å²) in [5.41, 5.74) is 6.66. The summed E-state index contributed by atoms with van der Waals surface area (Å²) in [6.45, 7) is 1.21. The van der Waals surface area contributed by atoms with Gasteiger partial charge in [0.05, 0.1) is 6.61 Å². The predicted molar refractivity (Wildman–Crippen MR) is 77.4 cm³/mol. The Hall–Kier alpha value is -1.04. The van der Waals surface area contributed by atoms with Crippen molar-refractivity contribution in [1.29, 1.82) is 0 Å². The first-order chi connectivity index (χ1) is 9.11. The Kier molecular flexibility index (Phi) is 4.85. The Morgan fingerprint density at radius 2 is 2.21 bits per heavy atom. The Morgan fingerprint density at radius 3 is 2.68 bits per heavy atom. The minimum Gasteiger partial charge on any atom is -0.395 e. The molecule has 0 saturated heterocycles. The van der Waals surface area contributed by atoms with E-state index in [1.54, 1.807) is 12.1 Å². The van der Waals surface area contributed by atoms with Gasteiger partial charge < -0.3 is 10.8 Å². The van der Waals surface area contributed by atoms with Crippen LogP contribution >= 0.6 is 12.2 Å². The molecule has 1 aliphatic carbocycles. The van der Waals surface area contributed by atoms with Crippen LogP contribution in [0, 0.1) is 5.82 Å². The van der Waals surface area contributed by atoms with Crippen LogP contribution in [0.15, 0.2) is 18.2 Å². The van der Waals surface area contributed by atoms with Gasteiger partial charge in [-0.15, -0.1) is 0 Å². The van der Waals surface area contributed by atoms with Gasteiger partial charge in [-0.25, -0.2) is 4.39 Å². The molecule has 3 N–H and O–H groups in total. The molecule has 0 radical (unpaired) electrons. The Morgan fingerprint density at radius 1 is 1.47 bits per heavy atom. The number of benzene rings is 1. The quantitative estimate of drug-likeness (QED) is 0.781. The fourth-order valence-corrected chi connectivity index (χ4v) is 2.45. The lowest BCUT2D eigenvalue weighted by atomic mass is 9.91. The fraction of sp³-hybridized carbons (Fsp3) is 0.500. The number of aliphatic hydroxyl groups excluding tert-OH is 1. The molecular formula is C14H19FN2OS. The van der Waals surface area contributed by atoms with E-state index in [9.17, 15) is 4.39 Å². The highest BCUT2D eigenvalue weighted by Crippen LogP contribution is 2.26. The van der Waals surface area contributed by atoms with E-state index in [2.05, 4.69) is 4.90 Å². The summed E-state index contributed by atoms with van der Waals surface area (Å²) in [6, 6.07) is 5.34. The Labute approximate surface area is 118 Å². The maximum Gasteiger partial charge on any atom is 0.128 e. The maximum absolute atomic E-state index is 14.0. The summed E-state index contributed by atoms with van der Waals surface area (Å²) in [5, 5.41) is 9.10. The molecule has 1 aliphatic rings. The lowest BCUT2D eigenvalue weighted by Crippen LogP contribution is -2.41. The molecule has 1 aromatic carbocycles. The van der Waals surface area contributed by atoms with E-state index in [0.717, 1.165) is 12.8 Å². The molecule has 0 aromatic heterocycles. The first-order valence-electron chi connectivity index (χ1n) is 6.55. The van der Waals surface area contributed by atoms with Crippen LogP contribution in [-0.4, -0.2) is 34.2 Å². The topological polar surface area (TPSA) is 49.5 Å². The Balaban J connectivity index is 2.09. The second kappa shape index (κ2) is 6.41. The number of aliphatic hydroxyl groups is 1. The summed E-state index contributed by atoms with van der Waals surface area (Å²) in [7, 11) is 0. The van der Waals surface area contributed by atoms with Crippen LogP contribution in [0.3, 0.4) is 0 Å². The molecule has 5 heteroatoms. The average Bonchev–Trinajstić information content (AvgIpc) is 2.29. The first-order valence-corrected chi connectivity index (χ1v) is 6.95. The second-order valence-electron chi connectivity index (χ2n) is 4.95. The molecule has 19 heavy (non-hydrogen) atoms. The predicted octanol–water partition coefficient (Wildman–Crippen LogP) is 1.81. The van der Waals surface area contributed by atoms with Gasteiger partial charge in [0.2, 0.25) is 0 Å². The smallest absolute Gasteiger partial charge is 0.128 e. The van der Waals surface area contributed by atoms with Crippen molar-refractivity contribution in [2.24, 2.45) is 5.73 Å². The summed E-state index contributed by atoms with van der Waals surface area (Å²) in [4.78, 5) is 2.35. The van der Waals surface area contributed by atoms with E-state index in [1.807, 2.05) is 0 Å². The molecule has 0 spiro atoms. The van der Waals surface area contributed by atoms with Gasteiger partial charge in [0.25, 0.3) is 0 Å². The van der Waals surface area contributed by atoms with Crippen molar-refractivity contribution in [3.05, 3.63) is 35.1 Å². The SMILES string of the molecule is NC(=S)c1ccc(CN(CCO)C2CCC2)c(F)c1. The van der Waals surface area contributed by atoms with E-state index >= 15 is 0 Å². The van der Waals surface area contributed by atoms with E-state index in [0.29, 0.717) is 30.3 Å². The van der Waals surface area contributed by atoms with Crippen molar-refractivity contribution >= 4 is 17.2 Å². The maximum atomic E-state index is 14.0. The second-order valence-corrected chi connectivity index (χ2v) is 5.39.